The van der Waals surface area contributed by atoms with Crippen molar-refractivity contribution < 1.29 is 19.1 Å². The predicted octanol–water partition coefficient (Wildman–Crippen LogP) is 2.58. The Bertz CT molecular complexity index is 519. The summed E-state index contributed by atoms with van der Waals surface area (Å²) in [4.78, 5) is 24.2. The van der Waals surface area contributed by atoms with Crippen molar-refractivity contribution in [3.63, 3.8) is 0 Å². The number of hydrogen-bond donors (Lipinski definition) is 2. The van der Waals surface area contributed by atoms with E-state index in [0.29, 0.717) is 19.0 Å². The maximum absolute atomic E-state index is 13.0. The second-order valence-electron chi connectivity index (χ2n) is 5.54. The average molecular weight is 308 g/mol. The van der Waals surface area contributed by atoms with Crippen molar-refractivity contribution >= 4 is 12.0 Å². The summed E-state index contributed by atoms with van der Waals surface area (Å²) in [6, 6.07) is 6.35. The number of aliphatic carboxylic acids is 1. The summed E-state index contributed by atoms with van der Waals surface area (Å²) in [5.41, 5.74) is 1.11. The lowest BCUT2D eigenvalue weighted by atomic mass is 9.92. The first-order chi connectivity index (χ1) is 10.6. The van der Waals surface area contributed by atoms with Crippen LogP contribution < -0.4 is 5.32 Å². The average Bonchev–Trinajstić information content (AvgIpc) is 2.73. The van der Waals surface area contributed by atoms with E-state index < -0.39 is 5.97 Å². The number of likely N-dealkylation sites (tertiary alicyclic amines) is 1. The summed E-state index contributed by atoms with van der Waals surface area (Å²) in [7, 11) is 0. The number of carbonyl (C=O) groups is 2. The van der Waals surface area contributed by atoms with Gasteiger partial charge < -0.3 is 15.3 Å². The minimum atomic E-state index is -0.924. The van der Waals surface area contributed by atoms with Crippen LogP contribution in [0, 0.1) is 5.82 Å². The molecule has 1 unspecified atom stereocenters. The zero-order valence-corrected chi connectivity index (χ0v) is 12.4. The first-order valence-electron chi connectivity index (χ1n) is 7.56. The third-order valence-corrected chi connectivity index (χ3v) is 3.97. The molecule has 1 fully saturated rings. The van der Waals surface area contributed by atoms with E-state index >= 15 is 0 Å². The molecule has 1 saturated heterocycles. The van der Waals surface area contributed by atoms with Gasteiger partial charge in [0, 0.05) is 19.6 Å². The Morgan fingerprint density at radius 3 is 2.64 bits per heavy atom. The van der Waals surface area contributed by atoms with Crippen LogP contribution >= 0.6 is 0 Å². The molecule has 0 spiro atoms. The molecule has 0 radical (unpaired) electrons. The van der Waals surface area contributed by atoms with Crippen molar-refractivity contribution in [2.45, 2.75) is 31.6 Å². The molecule has 0 bridgehead atoms. The molecule has 1 aromatic carbocycles. The van der Waals surface area contributed by atoms with E-state index in [9.17, 15) is 14.0 Å². The Labute approximate surface area is 129 Å². The van der Waals surface area contributed by atoms with Crippen molar-refractivity contribution in [1.29, 1.82) is 0 Å². The van der Waals surface area contributed by atoms with Gasteiger partial charge in [0.2, 0.25) is 0 Å². The number of halogens is 1. The number of carbonyl (C=O) groups excluding carboxylic acids is 1. The van der Waals surface area contributed by atoms with E-state index in [1.807, 2.05) is 12.1 Å². The van der Waals surface area contributed by atoms with Gasteiger partial charge in [-0.25, -0.2) is 9.18 Å². The molecule has 0 aliphatic carbocycles. The van der Waals surface area contributed by atoms with E-state index in [0.717, 1.165) is 24.8 Å². The Morgan fingerprint density at radius 1 is 1.23 bits per heavy atom. The van der Waals surface area contributed by atoms with Crippen LogP contribution in [0.15, 0.2) is 24.3 Å². The highest BCUT2D eigenvalue weighted by Crippen LogP contribution is 2.28. The lowest BCUT2D eigenvalue weighted by molar-refractivity contribution is -0.136. The Balaban J connectivity index is 1.85. The van der Waals surface area contributed by atoms with Gasteiger partial charge in [0.15, 0.2) is 0 Å². The van der Waals surface area contributed by atoms with Gasteiger partial charge in [0.05, 0.1) is 6.42 Å². The van der Waals surface area contributed by atoms with Crippen LogP contribution in [0.2, 0.25) is 0 Å². The van der Waals surface area contributed by atoms with Gasteiger partial charge in [-0.15, -0.1) is 0 Å². The largest absolute Gasteiger partial charge is 0.481 e. The number of amides is 2. The van der Waals surface area contributed by atoms with E-state index in [4.69, 9.17) is 5.11 Å². The van der Waals surface area contributed by atoms with Crippen molar-refractivity contribution in [3.05, 3.63) is 35.6 Å². The fraction of sp³-hybridized carbons (Fsp3) is 0.500. The summed E-state index contributed by atoms with van der Waals surface area (Å²) >= 11 is 0. The molecule has 2 N–H and O–H groups in total. The van der Waals surface area contributed by atoms with Crippen molar-refractivity contribution in [1.82, 2.24) is 10.2 Å². The normalized spacial score (nSPS) is 18.6. The quantitative estimate of drug-likeness (QED) is 0.898. The summed E-state index contributed by atoms with van der Waals surface area (Å²) in [5.74, 6) is -0.832. The zero-order valence-electron chi connectivity index (χ0n) is 12.4. The van der Waals surface area contributed by atoms with Crippen molar-refractivity contribution in [3.8, 4) is 0 Å². The van der Waals surface area contributed by atoms with Crippen LogP contribution in [0.5, 0.6) is 0 Å². The number of rotatable bonds is 4. The topological polar surface area (TPSA) is 69.6 Å². The van der Waals surface area contributed by atoms with E-state index in [-0.39, 0.29) is 24.8 Å². The molecule has 1 aliphatic heterocycles. The van der Waals surface area contributed by atoms with Crippen LogP contribution in [0.1, 0.15) is 37.2 Å². The summed E-state index contributed by atoms with van der Waals surface area (Å²) < 4.78 is 13.0. The van der Waals surface area contributed by atoms with Gasteiger partial charge in [0.1, 0.15) is 5.82 Å². The molecule has 1 aliphatic rings. The van der Waals surface area contributed by atoms with Gasteiger partial charge in [-0.05, 0) is 42.9 Å². The molecule has 22 heavy (non-hydrogen) atoms. The molecule has 1 atom stereocenters. The number of nitrogens with zero attached hydrogens (tertiary/aromatic N) is 1. The molecule has 1 heterocycles. The molecule has 6 heteroatoms. The van der Waals surface area contributed by atoms with Crippen LogP contribution in [0.4, 0.5) is 9.18 Å². The third-order valence-electron chi connectivity index (χ3n) is 3.97. The maximum atomic E-state index is 13.0. The van der Waals surface area contributed by atoms with Gasteiger partial charge >= 0.3 is 12.0 Å². The van der Waals surface area contributed by atoms with E-state index in [1.54, 1.807) is 4.90 Å². The summed E-state index contributed by atoms with van der Waals surface area (Å²) in [5, 5.41) is 11.2. The number of carboxylic acid groups (broad SMARTS) is 1. The Morgan fingerprint density at radius 2 is 1.95 bits per heavy atom. The molecule has 120 valence electrons. The number of carboxylic acids is 1. The molecule has 2 rings (SSSR count). The smallest absolute Gasteiger partial charge is 0.317 e. The van der Waals surface area contributed by atoms with Gasteiger partial charge in [-0.1, -0.05) is 12.1 Å². The minimum Gasteiger partial charge on any atom is -0.481 e. The van der Waals surface area contributed by atoms with Gasteiger partial charge in [-0.3, -0.25) is 4.79 Å². The first-order valence-corrected chi connectivity index (χ1v) is 7.56. The summed E-state index contributed by atoms with van der Waals surface area (Å²) in [6.07, 6.45) is 2.61. The molecular weight excluding hydrogens is 287 g/mol. The number of benzene rings is 1. The first kappa shape index (κ1) is 16.3. The Kier molecular flexibility index (Phi) is 5.75. The highest BCUT2D eigenvalue weighted by atomic mass is 19.1. The van der Waals surface area contributed by atoms with Crippen molar-refractivity contribution in [2.75, 3.05) is 19.6 Å². The highest BCUT2D eigenvalue weighted by Gasteiger charge is 2.21. The number of urea groups is 1. The van der Waals surface area contributed by atoms with E-state index in [2.05, 4.69) is 5.32 Å². The van der Waals surface area contributed by atoms with Crippen LogP contribution in [0.25, 0.3) is 0 Å². The fourth-order valence-electron chi connectivity index (χ4n) is 2.76. The minimum absolute atomic E-state index is 0.0716. The van der Waals surface area contributed by atoms with Gasteiger partial charge in [-0.2, -0.15) is 0 Å². The molecule has 1 aromatic rings. The molecular formula is C16H21FN2O3. The maximum Gasteiger partial charge on any atom is 0.317 e. The molecule has 2 amide bonds. The lowest BCUT2D eigenvalue weighted by Crippen LogP contribution is -2.41. The van der Waals surface area contributed by atoms with Crippen LogP contribution in [-0.2, 0) is 4.79 Å². The molecule has 0 aromatic heterocycles. The third kappa shape index (κ3) is 4.72. The number of hydrogen-bond acceptors (Lipinski definition) is 2. The molecule has 0 saturated carbocycles. The fourth-order valence-corrected chi connectivity index (χ4v) is 2.76. The van der Waals surface area contributed by atoms with Crippen molar-refractivity contribution in [2.24, 2.45) is 0 Å². The second-order valence-corrected chi connectivity index (χ2v) is 5.54. The van der Waals surface area contributed by atoms with Crippen LogP contribution in [-0.4, -0.2) is 41.6 Å². The second kappa shape index (κ2) is 7.77. The molecule has 5 nitrogen and oxygen atoms in total. The zero-order chi connectivity index (χ0) is 15.9. The lowest BCUT2D eigenvalue weighted by Gasteiger charge is -2.21. The number of nitrogens with one attached hydrogen (secondary N) is 1. The van der Waals surface area contributed by atoms with Crippen LogP contribution in [0.3, 0.4) is 0 Å². The monoisotopic (exact) mass is 308 g/mol. The van der Waals surface area contributed by atoms with E-state index in [1.165, 1.54) is 12.1 Å². The standard InChI is InChI=1S/C16H21FN2O3/c17-14-5-3-13(4-6-14)12-2-1-10-19(11-8-12)16(22)18-9-7-15(20)21/h3-6,12H,1-2,7-11H2,(H,18,22)(H,20,21). The van der Waals surface area contributed by atoms with Gasteiger partial charge in [0.25, 0.3) is 0 Å². The highest BCUT2D eigenvalue weighted by molar-refractivity contribution is 5.75. The Hall–Kier alpha value is -2.11. The SMILES string of the molecule is O=C(O)CCNC(=O)N1CCCC(c2ccc(F)cc2)CC1. The predicted molar refractivity (Wildman–Crippen MR) is 80.2 cm³/mol. The summed E-state index contributed by atoms with van der Waals surface area (Å²) in [6.45, 7) is 1.43.